The smallest absolute Gasteiger partial charge is 0.240 e. The van der Waals surface area contributed by atoms with E-state index in [1.807, 2.05) is 19.1 Å². The molecule has 3 nitrogen and oxygen atoms in total. The van der Waals surface area contributed by atoms with Gasteiger partial charge in [-0.1, -0.05) is 30.3 Å². The molecule has 0 saturated heterocycles. The number of amides is 1. The van der Waals surface area contributed by atoms with Gasteiger partial charge < -0.3 is 10.2 Å². The van der Waals surface area contributed by atoms with Crippen molar-refractivity contribution in [2.75, 3.05) is 11.4 Å². The van der Waals surface area contributed by atoms with Crippen LogP contribution in [-0.2, 0) is 11.2 Å². The number of halogens is 1. The van der Waals surface area contributed by atoms with Gasteiger partial charge in [-0.25, -0.2) is 4.39 Å². The monoisotopic (exact) mass is 326 g/mol. The zero-order valence-corrected chi connectivity index (χ0v) is 14.1. The molecule has 0 aromatic heterocycles. The third-order valence-electron chi connectivity index (χ3n) is 4.73. The predicted octanol–water partition coefficient (Wildman–Crippen LogP) is 3.84. The van der Waals surface area contributed by atoms with Crippen molar-refractivity contribution in [2.45, 2.75) is 38.8 Å². The van der Waals surface area contributed by atoms with Crippen LogP contribution in [0.3, 0.4) is 0 Å². The van der Waals surface area contributed by atoms with Gasteiger partial charge in [-0.15, -0.1) is 0 Å². The van der Waals surface area contributed by atoms with E-state index in [4.69, 9.17) is 0 Å². The molecule has 4 heteroatoms. The number of nitrogens with one attached hydrogen (secondary N) is 1. The summed E-state index contributed by atoms with van der Waals surface area (Å²) in [5.74, 6) is -0.286. The molecule has 0 spiro atoms. The maximum atomic E-state index is 13.0. The highest BCUT2D eigenvalue weighted by atomic mass is 19.1. The highest BCUT2D eigenvalue weighted by Crippen LogP contribution is 2.30. The van der Waals surface area contributed by atoms with Crippen LogP contribution in [0.5, 0.6) is 0 Å². The van der Waals surface area contributed by atoms with Crippen LogP contribution in [0.2, 0.25) is 0 Å². The molecule has 0 radical (unpaired) electrons. The summed E-state index contributed by atoms with van der Waals surface area (Å²) in [7, 11) is 0. The molecule has 0 aliphatic carbocycles. The van der Waals surface area contributed by atoms with E-state index >= 15 is 0 Å². The van der Waals surface area contributed by atoms with E-state index in [0.717, 1.165) is 24.1 Å². The number of carbonyl (C=O) groups is 1. The molecular weight excluding hydrogens is 303 g/mol. The summed E-state index contributed by atoms with van der Waals surface area (Å²) in [6.07, 6.45) is 2.11. The number of aryl methyl sites for hydroxylation is 1. The van der Waals surface area contributed by atoms with Crippen molar-refractivity contribution in [1.29, 1.82) is 0 Å². The first-order valence-electron chi connectivity index (χ1n) is 8.44. The van der Waals surface area contributed by atoms with E-state index in [0.29, 0.717) is 12.6 Å². The normalized spacial score (nSPS) is 18.0. The van der Waals surface area contributed by atoms with Gasteiger partial charge in [0, 0.05) is 11.7 Å². The summed E-state index contributed by atoms with van der Waals surface area (Å²) in [5, 5.41) is 3.01. The molecule has 24 heavy (non-hydrogen) atoms. The predicted molar refractivity (Wildman–Crippen MR) is 94.5 cm³/mol. The number of rotatable bonds is 4. The second-order valence-electron chi connectivity index (χ2n) is 6.49. The lowest BCUT2D eigenvalue weighted by molar-refractivity contribution is -0.120. The molecule has 1 N–H and O–H groups in total. The van der Waals surface area contributed by atoms with Crippen molar-refractivity contribution in [3.63, 3.8) is 0 Å². The van der Waals surface area contributed by atoms with E-state index in [9.17, 15) is 9.18 Å². The number of anilines is 1. The lowest BCUT2D eigenvalue weighted by Crippen LogP contribution is -2.44. The Hall–Kier alpha value is -2.36. The molecule has 2 aromatic rings. The first kappa shape index (κ1) is 16.5. The van der Waals surface area contributed by atoms with Crippen LogP contribution in [-0.4, -0.2) is 18.5 Å². The van der Waals surface area contributed by atoms with E-state index < -0.39 is 0 Å². The summed E-state index contributed by atoms with van der Waals surface area (Å²) >= 11 is 0. The van der Waals surface area contributed by atoms with E-state index in [2.05, 4.69) is 29.3 Å². The number of carbonyl (C=O) groups excluding carboxylic acids is 1. The summed E-state index contributed by atoms with van der Waals surface area (Å²) in [6.45, 7) is 4.41. The van der Waals surface area contributed by atoms with Gasteiger partial charge in [0.05, 0.1) is 12.6 Å². The lowest BCUT2D eigenvalue weighted by Gasteiger charge is -2.36. The number of para-hydroxylation sites is 1. The first-order chi connectivity index (χ1) is 11.5. The number of hydrogen-bond donors (Lipinski definition) is 1. The van der Waals surface area contributed by atoms with Crippen molar-refractivity contribution in [1.82, 2.24) is 5.32 Å². The van der Waals surface area contributed by atoms with Crippen molar-refractivity contribution in [3.05, 3.63) is 65.5 Å². The van der Waals surface area contributed by atoms with Crippen LogP contribution >= 0.6 is 0 Å². The summed E-state index contributed by atoms with van der Waals surface area (Å²) in [6, 6.07) is 14.7. The van der Waals surface area contributed by atoms with Gasteiger partial charge in [-0.05, 0) is 56.0 Å². The van der Waals surface area contributed by atoms with Crippen LogP contribution in [0, 0.1) is 5.82 Å². The second-order valence-corrected chi connectivity index (χ2v) is 6.49. The average molecular weight is 326 g/mol. The third-order valence-corrected chi connectivity index (χ3v) is 4.73. The van der Waals surface area contributed by atoms with Gasteiger partial charge in [0.25, 0.3) is 0 Å². The Morgan fingerprint density at radius 2 is 1.96 bits per heavy atom. The molecule has 0 bridgehead atoms. The van der Waals surface area contributed by atoms with Crippen LogP contribution in [0.25, 0.3) is 0 Å². The highest BCUT2D eigenvalue weighted by molar-refractivity contribution is 5.82. The van der Waals surface area contributed by atoms with Crippen LogP contribution < -0.4 is 10.2 Å². The summed E-state index contributed by atoms with van der Waals surface area (Å²) in [4.78, 5) is 14.7. The molecule has 1 aliphatic heterocycles. The Bertz CT molecular complexity index is 714. The SMILES string of the molecule is C[C@H](NC(=O)CN1c2ccccc2CC[C@@H]1C)c1ccc(F)cc1. The molecular formula is C20H23FN2O. The summed E-state index contributed by atoms with van der Waals surface area (Å²) in [5.41, 5.74) is 3.35. The Labute approximate surface area is 142 Å². The first-order valence-corrected chi connectivity index (χ1v) is 8.44. The van der Waals surface area contributed by atoms with Crippen LogP contribution in [0.1, 0.15) is 37.4 Å². The van der Waals surface area contributed by atoms with Gasteiger partial charge in [-0.3, -0.25) is 4.79 Å². The van der Waals surface area contributed by atoms with Crippen molar-refractivity contribution >= 4 is 11.6 Å². The number of nitrogens with zero attached hydrogens (tertiary/aromatic N) is 1. The standard InChI is InChI=1S/C20H23FN2O/c1-14-7-8-17-5-3-4-6-19(17)23(14)13-20(24)22-15(2)16-9-11-18(21)12-10-16/h3-6,9-12,14-15H,7-8,13H2,1-2H3,(H,22,24)/t14-,15-/m0/s1. The lowest BCUT2D eigenvalue weighted by atomic mass is 9.96. The minimum Gasteiger partial charge on any atom is -0.359 e. The average Bonchev–Trinajstić information content (AvgIpc) is 2.58. The Morgan fingerprint density at radius 1 is 1.25 bits per heavy atom. The fourth-order valence-electron chi connectivity index (χ4n) is 3.28. The molecule has 1 aliphatic rings. The number of hydrogen-bond acceptors (Lipinski definition) is 2. The van der Waals surface area contributed by atoms with E-state index in [1.54, 1.807) is 12.1 Å². The summed E-state index contributed by atoms with van der Waals surface area (Å²) < 4.78 is 13.0. The van der Waals surface area contributed by atoms with Gasteiger partial charge in [-0.2, -0.15) is 0 Å². The fraction of sp³-hybridized carbons (Fsp3) is 0.350. The zero-order chi connectivity index (χ0) is 17.1. The van der Waals surface area contributed by atoms with E-state index in [1.165, 1.54) is 17.7 Å². The molecule has 1 heterocycles. The number of fused-ring (bicyclic) bond motifs is 1. The highest BCUT2D eigenvalue weighted by Gasteiger charge is 2.24. The molecule has 2 aromatic carbocycles. The Balaban J connectivity index is 1.67. The topological polar surface area (TPSA) is 32.3 Å². The van der Waals surface area contributed by atoms with Crippen molar-refractivity contribution in [2.24, 2.45) is 0 Å². The third kappa shape index (κ3) is 3.58. The molecule has 3 rings (SSSR count). The Morgan fingerprint density at radius 3 is 2.71 bits per heavy atom. The molecule has 1 amide bonds. The molecule has 126 valence electrons. The maximum Gasteiger partial charge on any atom is 0.240 e. The largest absolute Gasteiger partial charge is 0.359 e. The van der Waals surface area contributed by atoms with Gasteiger partial charge in [0.2, 0.25) is 5.91 Å². The van der Waals surface area contributed by atoms with Crippen molar-refractivity contribution < 1.29 is 9.18 Å². The van der Waals surface area contributed by atoms with Gasteiger partial charge in [0.1, 0.15) is 5.82 Å². The van der Waals surface area contributed by atoms with Crippen LogP contribution in [0.4, 0.5) is 10.1 Å². The zero-order valence-electron chi connectivity index (χ0n) is 14.1. The molecule has 0 fully saturated rings. The van der Waals surface area contributed by atoms with Gasteiger partial charge >= 0.3 is 0 Å². The molecule has 0 saturated carbocycles. The maximum absolute atomic E-state index is 13.0. The quantitative estimate of drug-likeness (QED) is 0.926. The molecule has 0 unspecified atom stereocenters. The minimum atomic E-state index is -0.268. The number of benzene rings is 2. The fourth-order valence-corrected chi connectivity index (χ4v) is 3.28. The molecule has 2 atom stereocenters. The van der Waals surface area contributed by atoms with Gasteiger partial charge in [0.15, 0.2) is 0 Å². The Kier molecular flexibility index (Phi) is 4.84. The van der Waals surface area contributed by atoms with E-state index in [-0.39, 0.29) is 17.8 Å². The van der Waals surface area contributed by atoms with Crippen LogP contribution in [0.15, 0.2) is 48.5 Å². The van der Waals surface area contributed by atoms with Crippen molar-refractivity contribution in [3.8, 4) is 0 Å². The minimum absolute atomic E-state index is 0.0182. The second kappa shape index (κ2) is 7.04.